The quantitative estimate of drug-likeness (QED) is 0.747. The van der Waals surface area contributed by atoms with Gasteiger partial charge in [0.1, 0.15) is 0 Å². The molecule has 1 amide bonds. The molecule has 0 aromatic heterocycles. The number of hydrogen-bond acceptors (Lipinski definition) is 2. The normalized spacial score (nSPS) is 28.1. The Morgan fingerprint density at radius 1 is 1.21 bits per heavy atom. The second-order valence-electron chi connectivity index (χ2n) is 5.70. The highest BCUT2D eigenvalue weighted by Gasteiger charge is 2.42. The van der Waals surface area contributed by atoms with Crippen LogP contribution >= 0.6 is 0 Å². The zero-order chi connectivity index (χ0) is 14.4. The van der Waals surface area contributed by atoms with Gasteiger partial charge in [-0.05, 0) is 31.6 Å². The van der Waals surface area contributed by atoms with Crippen molar-refractivity contribution >= 4 is 11.9 Å². The van der Waals surface area contributed by atoms with E-state index in [0.29, 0.717) is 12.3 Å². The molecule has 0 saturated heterocycles. The second-order valence-corrected chi connectivity index (χ2v) is 5.70. The number of aliphatic carboxylic acids is 1. The molecule has 19 heavy (non-hydrogen) atoms. The molecule has 1 rings (SSSR count). The Labute approximate surface area is 116 Å². The first kappa shape index (κ1) is 16.0. The zero-order valence-corrected chi connectivity index (χ0v) is 12.3. The fourth-order valence-corrected chi connectivity index (χ4v) is 3.07. The molecule has 0 radical (unpaired) electrons. The topological polar surface area (TPSA) is 66.4 Å². The van der Waals surface area contributed by atoms with Gasteiger partial charge >= 0.3 is 5.97 Å². The highest BCUT2D eigenvalue weighted by Crippen LogP contribution is 2.38. The maximum absolute atomic E-state index is 12.3. The number of carboxylic acids is 1. The van der Waals surface area contributed by atoms with Gasteiger partial charge in [-0.2, -0.15) is 0 Å². The summed E-state index contributed by atoms with van der Waals surface area (Å²) in [5.74, 6) is -1.33. The lowest BCUT2D eigenvalue weighted by Gasteiger charge is -2.21. The molecule has 0 heterocycles. The van der Waals surface area contributed by atoms with Crippen LogP contribution < -0.4 is 5.32 Å². The van der Waals surface area contributed by atoms with Crippen molar-refractivity contribution in [3.05, 3.63) is 0 Å². The van der Waals surface area contributed by atoms with Gasteiger partial charge in [0, 0.05) is 6.04 Å². The smallest absolute Gasteiger partial charge is 0.307 e. The lowest BCUT2D eigenvalue weighted by atomic mass is 9.94. The van der Waals surface area contributed by atoms with Gasteiger partial charge in [0.25, 0.3) is 0 Å². The molecule has 1 fully saturated rings. The van der Waals surface area contributed by atoms with Gasteiger partial charge in [-0.3, -0.25) is 9.59 Å². The van der Waals surface area contributed by atoms with Crippen molar-refractivity contribution in [1.82, 2.24) is 5.32 Å². The number of nitrogens with one attached hydrogen (secondary N) is 1. The summed E-state index contributed by atoms with van der Waals surface area (Å²) in [6, 6.07) is 0.188. The molecule has 0 spiro atoms. The molecule has 0 aliphatic heterocycles. The van der Waals surface area contributed by atoms with E-state index < -0.39 is 11.9 Å². The summed E-state index contributed by atoms with van der Waals surface area (Å²) in [6.45, 7) is 6.21. The molecule has 0 aromatic rings. The molecule has 110 valence electrons. The average molecular weight is 269 g/mol. The molecule has 2 N–H and O–H groups in total. The number of hydrogen-bond donors (Lipinski definition) is 2. The second kappa shape index (κ2) is 7.51. The third-order valence-corrected chi connectivity index (χ3v) is 4.37. The third kappa shape index (κ3) is 4.22. The van der Waals surface area contributed by atoms with E-state index in [9.17, 15) is 14.7 Å². The highest BCUT2D eigenvalue weighted by molar-refractivity contribution is 5.85. The predicted octanol–water partition coefficient (Wildman–Crippen LogP) is 2.82. The average Bonchev–Trinajstić information content (AvgIpc) is 2.82. The van der Waals surface area contributed by atoms with Gasteiger partial charge in [-0.1, -0.05) is 33.6 Å². The number of carbonyl (C=O) groups is 2. The van der Waals surface area contributed by atoms with Crippen molar-refractivity contribution in [3.8, 4) is 0 Å². The van der Waals surface area contributed by atoms with Gasteiger partial charge < -0.3 is 10.4 Å². The fraction of sp³-hybridized carbons (Fsp3) is 0.867. The summed E-state index contributed by atoms with van der Waals surface area (Å²) < 4.78 is 0. The van der Waals surface area contributed by atoms with E-state index in [1.165, 1.54) is 0 Å². The van der Waals surface area contributed by atoms with Crippen LogP contribution in [0.2, 0.25) is 0 Å². The Morgan fingerprint density at radius 2 is 1.84 bits per heavy atom. The Bertz CT molecular complexity index is 317. The summed E-state index contributed by atoms with van der Waals surface area (Å²) in [4.78, 5) is 23.6. The van der Waals surface area contributed by atoms with Gasteiger partial charge in [0.15, 0.2) is 0 Å². The summed E-state index contributed by atoms with van der Waals surface area (Å²) in [5, 5.41) is 12.3. The van der Waals surface area contributed by atoms with Crippen molar-refractivity contribution in [2.45, 2.75) is 65.3 Å². The third-order valence-electron chi connectivity index (χ3n) is 4.37. The SMILES string of the molecule is CCCC(CC)NC(=O)C1CC(CC)CC1C(=O)O. The largest absolute Gasteiger partial charge is 0.481 e. The van der Waals surface area contributed by atoms with Crippen molar-refractivity contribution in [2.24, 2.45) is 17.8 Å². The number of carboxylic acid groups (broad SMARTS) is 1. The van der Waals surface area contributed by atoms with Crippen LogP contribution in [-0.4, -0.2) is 23.0 Å². The van der Waals surface area contributed by atoms with Crippen molar-refractivity contribution in [2.75, 3.05) is 0 Å². The molecular weight excluding hydrogens is 242 g/mol. The standard InChI is InChI=1S/C15H27NO3/c1-4-7-11(6-3)16-14(17)12-8-10(5-2)9-13(12)15(18)19/h10-13H,4-9H2,1-3H3,(H,16,17)(H,18,19). The molecule has 4 heteroatoms. The lowest BCUT2D eigenvalue weighted by Crippen LogP contribution is -2.41. The van der Waals surface area contributed by atoms with Crippen molar-refractivity contribution in [1.29, 1.82) is 0 Å². The molecule has 0 bridgehead atoms. The Morgan fingerprint density at radius 3 is 2.32 bits per heavy atom. The monoisotopic (exact) mass is 269 g/mol. The number of amides is 1. The van der Waals surface area contributed by atoms with E-state index in [0.717, 1.165) is 32.1 Å². The minimum absolute atomic E-state index is 0.0522. The summed E-state index contributed by atoms with van der Waals surface area (Å²) in [6.07, 6.45) is 5.23. The van der Waals surface area contributed by atoms with Gasteiger partial charge in [-0.15, -0.1) is 0 Å². The van der Waals surface area contributed by atoms with Gasteiger partial charge in [0.05, 0.1) is 11.8 Å². The van der Waals surface area contributed by atoms with E-state index in [1.54, 1.807) is 0 Å². The molecular formula is C15H27NO3. The van der Waals surface area contributed by atoms with Crippen LogP contribution in [0.15, 0.2) is 0 Å². The summed E-state index contributed by atoms with van der Waals surface area (Å²) in [7, 11) is 0. The Balaban J connectivity index is 2.65. The Kier molecular flexibility index (Phi) is 6.32. The van der Waals surface area contributed by atoms with Gasteiger partial charge in [-0.25, -0.2) is 0 Å². The maximum atomic E-state index is 12.3. The predicted molar refractivity (Wildman–Crippen MR) is 74.8 cm³/mol. The van der Waals surface area contributed by atoms with E-state index in [4.69, 9.17) is 0 Å². The molecule has 4 unspecified atom stereocenters. The van der Waals surface area contributed by atoms with Crippen molar-refractivity contribution in [3.63, 3.8) is 0 Å². The Hall–Kier alpha value is -1.06. The van der Waals surface area contributed by atoms with Crippen LogP contribution in [0.25, 0.3) is 0 Å². The molecule has 0 aromatic carbocycles. The first-order valence-corrected chi connectivity index (χ1v) is 7.56. The molecule has 1 aliphatic carbocycles. The van der Waals surface area contributed by atoms with Crippen LogP contribution in [0, 0.1) is 17.8 Å². The van der Waals surface area contributed by atoms with Crippen LogP contribution in [0.3, 0.4) is 0 Å². The minimum Gasteiger partial charge on any atom is -0.481 e. The van der Waals surface area contributed by atoms with E-state index in [1.807, 2.05) is 0 Å². The number of carbonyl (C=O) groups excluding carboxylic acids is 1. The van der Waals surface area contributed by atoms with E-state index in [-0.39, 0.29) is 17.9 Å². The summed E-state index contributed by atoms with van der Waals surface area (Å²) in [5.41, 5.74) is 0. The number of rotatable bonds is 7. The van der Waals surface area contributed by atoms with Crippen LogP contribution in [0.5, 0.6) is 0 Å². The van der Waals surface area contributed by atoms with Crippen LogP contribution in [-0.2, 0) is 9.59 Å². The van der Waals surface area contributed by atoms with E-state index >= 15 is 0 Å². The van der Waals surface area contributed by atoms with E-state index in [2.05, 4.69) is 26.1 Å². The first-order valence-electron chi connectivity index (χ1n) is 7.56. The molecule has 1 aliphatic rings. The van der Waals surface area contributed by atoms with Crippen molar-refractivity contribution < 1.29 is 14.7 Å². The first-order chi connectivity index (χ1) is 9.03. The maximum Gasteiger partial charge on any atom is 0.307 e. The zero-order valence-electron chi connectivity index (χ0n) is 12.3. The van der Waals surface area contributed by atoms with Crippen LogP contribution in [0.1, 0.15) is 59.3 Å². The summed E-state index contributed by atoms with van der Waals surface area (Å²) >= 11 is 0. The fourth-order valence-electron chi connectivity index (χ4n) is 3.07. The highest BCUT2D eigenvalue weighted by atomic mass is 16.4. The molecule has 1 saturated carbocycles. The molecule has 4 nitrogen and oxygen atoms in total. The van der Waals surface area contributed by atoms with Gasteiger partial charge in [0.2, 0.25) is 5.91 Å². The van der Waals surface area contributed by atoms with Crippen LogP contribution in [0.4, 0.5) is 0 Å². The minimum atomic E-state index is -0.820. The molecule has 4 atom stereocenters. The lowest BCUT2D eigenvalue weighted by molar-refractivity contribution is -0.146.